The van der Waals surface area contributed by atoms with Gasteiger partial charge in [-0.1, -0.05) is 6.92 Å². The summed E-state index contributed by atoms with van der Waals surface area (Å²) in [5.41, 5.74) is -1.35. The van der Waals surface area contributed by atoms with Crippen LogP contribution in [-0.2, 0) is 23.9 Å². The molecule has 232 valence electrons. The van der Waals surface area contributed by atoms with Crippen LogP contribution in [0.3, 0.4) is 0 Å². The van der Waals surface area contributed by atoms with Crippen molar-refractivity contribution >= 4 is 23.4 Å². The van der Waals surface area contributed by atoms with E-state index < -0.39 is 29.1 Å². The number of aliphatic hydroxyl groups is 1. The summed E-state index contributed by atoms with van der Waals surface area (Å²) in [5, 5.41) is 15.4. The normalized spacial score (nSPS) is 32.2. The molecule has 11 heteroatoms. The van der Waals surface area contributed by atoms with Crippen molar-refractivity contribution in [3.8, 4) is 5.75 Å². The molecular formula is C31H46N4O7. The number of ether oxygens (including phenoxy) is 3. The number of nitrogens with zero attached hydrogens (tertiary/aromatic N) is 2. The van der Waals surface area contributed by atoms with Crippen LogP contribution >= 0.6 is 0 Å². The van der Waals surface area contributed by atoms with E-state index >= 15 is 0 Å². The van der Waals surface area contributed by atoms with Gasteiger partial charge in [0.05, 0.1) is 37.3 Å². The van der Waals surface area contributed by atoms with Crippen molar-refractivity contribution in [3.05, 3.63) is 24.3 Å². The minimum absolute atomic E-state index is 0.0318. The van der Waals surface area contributed by atoms with E-state index in [1.807, 2.05) is 20.8 Å². The zero-order chi connectivity index (χ0) is 29.9. The number of rotatable bonds is 13. The fraction of sp³-hybridized carbons (Fsp3) is 0.710. The highest BCUT2D eigenvalue weighted by molar-refractivity contribution is 6.02. The van der Waals surface area contributed by atoms with Gasteiger partial charge in [-0.25, -0.2) is 0 Å². The third-order valence-corrected chi connectivity index (χ3v) is 9.67. The van der Waals surface area contributed by atoms with E-state index in [0.717, 1.165) is 19.5 Å². The number of likely N-dealkylation sites (tertiary alicyclic amines) is 1. The average molecular weight is 587 g/mol. The molecule has 0 aromatic heterocycles. The van der Waals surface area contributed by atoms with E-state index in [2.05, 4.69) is 15.5 Å². The van der Waals surface area contributed by atoms with Crippen molar-refractivity contribution in [2.75, 3.05) is 64.5 Å². The summed E-state index contributed by atoms with van der Waals surface area (Å²) in [5.74, 6) is -1.53. The van der Waals surface area contributed by atoms with Crippen molar-refractivity contribution in [2.24, 2.45) is 17.8 Å². The number of carbonyl (C=O) groups is 3. The van der Waals surface area contributed by atoms with Crippen molar-refractivity contribution in [1.29, 1.82) is 0 Å². The maximum atomic E-state index is 14.2. The molecule has 4 heterocycles. The largest absolute Gasteiger partial charge is 0.494 e. The number of carbonyl (C=O) groups excluding carboxylic acids is 3. The standard InChI is InChI=1S/C31H46N4O7/c1-4-41-23-10-8-22(9-11-23)33-27(37)24-25-29(39)35(13-6-5-7-17-36)26(31(25)20-21(2)30(24,3)42-31)28(38)32-12-14-34-15-18-40-19-16-34/h8-11,21,24-26,36H,4-7,12-20H2,1-3H3,(H,32,38)(H,33,37)/t21?,24-,25-,26?,30+,31?/m0/s1. The molecule has 3 N–H and O–H groups in total. The first-order valence-electron chi connectivity index (χ1n) is 15.5. The lowest BCUT2D eigenvalue weighted by Crippen LogP contribution is -2.56. The number of aliphatic hydroxyl groups excluding tert-OH is 1. The van der Waals surface area contributed by atoms with Crippen LogP contribution in [0.5, 0.6) is 5.75 Å². The Bertz CT molecular complexity index is 1130. The van der Waals surface area contributed by atoms with Gasteiger partial charge in [0, 0.05) is 45.0 Å². The molecule has 11 nitrogen and oxygen atoms in total. The number of morpholine rings is 1. The van der Waals surface area contributed by atoms with Gasteiger partial charge >= 0.3 is 0 Å². The molecule has 4 saturated heterocycles. The molecule has 4 fully saturated rings. The lowest BCUT2D eigenvalue weighted by Gasteiger charge is -2.36. The molecule has 2 bridgehead atoms. The van der Waals surface area contributed by atoms with Crippen molar-refractivity contribution in [3.63, 3.8) is 0 Å². The van der Waals surface area contributed by atoms with Gasteiger partial charge in [-0.3, -0.25) is 19.3 Å². The Hall–Kier alpha value is -2.73. The Morgan fingerprint density at radius 3 is 2.52 bits per heavy atom. The smallest absolute Gasteiger partial charge is 0.245 e. The third kappa shape index (κ3) is 5.64. The summed E-state index contributed by atoms with van der Waals surface area (Å²) in [6.07, 6.45) is 2.55. The minimum atomic E-state index is -1.08. The molecular weight excluding hydrogens is 540 g/mol. The maximum Gasteiger partial charge on any atom is 0.245 e. The van der Waals surface area contributed by atoms with Crippen LogP contribution in [0.15, 0.2) is 24.3 Å². The Balaban J connectivity index is 1.38. The monoisotopic (exact) mass is 586 g/mol. The van der Waals surface area contributed by atoms with Gasteiger partial charge in [0.25, 0.3) is 0 Å². The van der Waals surface area contributed by atoms with Crippen LogP contribution in [0.25, 0.3) is 0 Å². The van der Waals surface area contributed by atoms with E-state index in [1.165, 1.54) is 0 Å². The molecule has 1 aromatic rings. The third-order valence-electron chi connectivity index (χ3n) is 9.67. The molecule has 5 rings (SSSR count). The SMILES string of the molecule is CCOc1ccc(NC(=O)[C@@H]2[C@H]3C(=O)N(CCCCCO)C(C(=O)NCCN4CCOCC4)C34CC(C)[C@@]2(C)O4)cc1. The molecule has 4 aliphatic heterocycles. The number of hydrogen-bond donors (Lipinski definition) is 3. The second kappa shape index (κ2) is 12.9. The number of amides is 3. The van der Waals surface area contributed by atoms with Gasteiger partial charge < -0.3 is 34.9 Å². The summed E-state index contributed by atoms with van der Waals surface area (Å²) < 4.78 is 17.7. The first kappa shape index (κ1) is 30.7. The first-order chi connectivity index (χ1) is 20.2. The van der Waals surface area contributed by atoms with Gasteiger partial charge in [0.15, 0.2) is 0 Å². The number of benzene rings is 1. The van der Waals surface area contributed by atoms with Crippen LogP contribution in [0.2, 0.25) is 0 Å². The second-order valence-electron chi connectivity index (χ2n) is 12.2. The molecule has 1 aromatic carbocycles. The van der Waals surface area contributed by atoms with E-state index in [-0.39, 0.29) is 30.2 Å². The fourth-order valence-electron chi connectivity index (χ4n) is 7.53. The topological polar surface area (TPSA) is 130 Å². The highest BCUT2D eigenvalue weighted by Gasteiger charge is 2.79. The Morgan fingerprint density at radius 1 is 1.10 bits per heavy atom. The average Bonchev–Trinajstić information content (AvgIpc) is 3.49. The second-order valence-corrected chi connectivity index (χ2v) is 12.2. The van der Waals surface area contributed by atoms with Crippen molar-refractivity contribution in [1.82, 2.24) is 15.1 Å². The van der Waals surface area contributed by atoms with Crippen molar-refractivity contribution in [2.45, 2.75) is 63.7 Å². The van der Waals surface area contributed by atoms with E-state index in [4.69, 9.17) is 14.2 Å². The van der Waals surface area contributed by atoms with Gasteiger partial charge in [-0.05, 0) is 69.7 Å². The lowest BCUT2D eigenvalue weighted by molar-refractivity contribution is -0.146. The number of hydrogen-bond acceptors (Lipinski definition) is 8. The number of anilines is 1. The molecule has 4 aliphatic rings. The number of unbranched alkanes of at least 4 members (excludes halogenated alkanes) is 2. The quantitative estimate of drug-likeness (QED) is 0.298. The summed E-state index contributed by atoms with van der Waals surface area (Å²) >= 11 is 0. The first-order valence-corrected chi connectivity index (χ1v) is 15.5. The van der Waals surface area contributed by atoms with Gasteiger partial charge in [0.2, 0.25) is 17.7 Å². The van der Waals surface area contributed by atoms with Gasteiger partial charge in [0.1, 0.15) is 17.4 Å². The minimum Gasteiger partial charge on any atom is -0.494 e. The Kier molecular flexibility index (Phi) is 9.41. The molecule has 0 saturated carbocycles. The van der Waals surface area contributed by atoms with Crippen LogP contribution in [0, 0.1) is 17.8 Å². The van der Waals surface area contributed by atoms with E-state index in [9.17, 15) is 19.5 Å². The van der Waals surface area contributed by atoms with Crippen LogP contribution < -0.4 is 15.4 Å². The molecule has 6 atom stereocenters. The van der Waals surface area contributed by atoms with E-state index in [1.54, 1.807) is 29.2 Å². The van der Waals surface area contributed by atoms with E-state index in [0.29, 0.717) is 70.2 Å². The van der Waals surface area contributed by atoms with Crippen LogP contribution in [-0.4, -0.2) is 109 Å². The van der Waals surface area contributed by atoms with Gasteiger partial charge in [-0.15, -0.1) is 0 Å². The molecule has 3 unspecified atom stereocenters. The highest BCUT2D eigenvalue weighted by atomic mass is 16.5. The predicted molar refractivity (Wildman–Crippen MR) is 156 cm³/mol. The predicted octanol–water partition coefficient (Wildman–Crippen LogP) is 1.65. The number of nitrogens with one attached hydrogen (secondary N) is 2. The lowest BCUT2D eigenvalue weighted by atomic mass is 9.62. The van der Waals surface area contributed by atoms with Crippen LogP contribution in [0.1, 0.15) is 46.5 Å². The van der Waals surface area contributed by atoms with Gasteiger partial charge in [-0.2, -0.15) is 0 Å². The highest BCUT2D eigenvalue weighted by Crippen LogP contribution is 2.65. The Morgan fingerprint density at radius 2 is 1.83 bits per heavy atom. The molecule has 1 spiro atoms. The zero-order valence-corrected chi connectivity index (χ0v) is 25.1. The number of fused-ring (bicyclic) bond motifs is 1. The summed E-state index contributed by atoms with van der Waals surface area (Å²) in [7, 11) is 0. The summed E-state index contributed by atoms with van der Waals surface area (Å²) in [4.78, 5) is 46.0. The Labute approximate surface area is 248 Å². The molecule has 42 heavy (non-hydrogen) atoms. The fourth-order valence-corrected chi connectivity index (χ4v) is 7.53. The molecule has 0 radical (unpaired) electrons. The summed E-state index contributed by atoms with van der Waals surface area (Å²) in [6, 6.07) is 6.35. The van der Waals surface area contributed by atoms with Crippen LogP contribution in [0.4, 0.5) is 5.69 Å². The van der Waals surface area contributed by atoms with Crippen molar-refractivity contribution < 1.29 is 33.7 Å². The summed E-state index contributed by atoms with van der Waals surface area (Å²) in [6.45, 7) is 11.0. The maximum absolute atomic E-state index is 14.2. The zero-order valence-electron chi connectivity index (χ0n) is 25.1. The molecule has 0 aliphatic carbocycles. The molecule has 3 amide bonds.